The van der Waals surface area contributed by atoms with Gasteiger partial charge in [0.15, 0.2) is 0 Å². The van der Waals surface area contributed by atoms with Gasteiger partial charge in [-0.3, -0.25) is 0 Å². The Morgan fingerprint density at radius 1 is 1.14 bits per heavy atom. The van der Waals surface area contributed by atoms with Crippen LogP contribution in [0.1, 0.15) is 25.7 Å². The van der Waals surface area contributed by atoms with Crippen molar-refractivity contribution in [2.24, 2.45) is 0 Å². The van der Waals surface area contributed by atoms with Crippen molar-refractivity contribution in [3.8, 4) is 0 Å². The second kappa shape index (κ2) is 6.29. The van der Waals surface area contributed by atoms with Crippen molar-refractivity contribution in [3.05, 3.63) is 24.4 Å². The van der Waals surface area contributed by atoms with E-state index in [1.165, 1.54) is 0 Å². The Kier molecular flexibility index (Phi) is 4.42. The van der Waals surface area contributed by atoms with E-state index in [1.54, 1.807) is 10.5 Å². The highest BCUT2D eigenvalue weighted by Gasteiger charge is 2.30. The molecule has 0 spiro atoms. The summed E-state index contributed by atoms with van der Waals surface area (Å²) >= 11 is 0. The molecule has 1 aromatic rings. The molecule has 7 heteroatoms. The van der Waals surface area contributed by atoms with E-state index in [0.29, 0.717) is 19.6 Å². The van der Waals surface area contributed by atoms with Crippen LogP contribution in [-0.4, -0.2) is 49.9 Å². The van der Waals surface area contributed by atoms with Gasteiger partial charge in [0, 0.05) is 38.4 Å². The highest BCUT2D eigenvalue weighted by Crippen LogP contribution is 2.19. The first-order chi connectivity index (χ1) is 10.1. The third-order valence-corrected chi connectivity index (χ3v) is 5.79. The Morgan fingerprint density at radius 2 is 1.95 bits per heavy atom. The summed E-state index contributed by atoms with van der Waals surface area (Å²) in [6, 6.07) is 5.78. The maximum atomic E-state index is 12.3. The second-order valence-electron chi connectivity index (χ2n) is 5.70. The molecule has 2 aliphatic rings. The maximum absolute atomic E-state index is 12.3. The topological polar surface area (TPSA) is 65.5 Å². The summed E-state index contributed by atoms with van der Waals surface area (Å²) in [5.41, 5.74) is 0. The van der Waals surface area contributed by atoms with Crippen LogP contribution in [-0.2, 0) is 10.2 Å². The number of nitrogens with one attached hydrogen (secondary N) is 1. The minimum atomic E-state index is -3.33. The van der Waals surface area contributed by atoms with Gasteiger partial charge in [0.05, 0.1) is 0 Å². The molecule has 0 aromatic carbocycles. The van der Waals surface area contributed by atoms with Gasteiger partial charge in [0.25, 0.3) is 10.2 Å². The van der Waals surface area contributed by atoms with E-state index in [9.17, 15) is 8.42 Å². The van der Waals surface area contributed by atoms with Crippen molar-refractivity contribution in [2.45, 2.75) is 31.7 Å². The largest absolute Gasteiger partial charge is 0.355 e. The molecular formula is C14H22N4O2S. The lowest BCUT2D eigenvalue weighted by Gasteiger charge is -2.34. The molecule has 6 nitrogen and oxygen atoms in total. The van der Waals surface area contributed by atoms with Crippen LogP contribution in [0.5, 0.6) is 0 Å². The molecule has 116 valence electrons. The quantitative estimate of drug-likeness (QED) is 0.900. The van der Waals surface area contributed by atoms with E-state index in [2.05, 4.69) is 14.6 Å². The normalized spacial score (nSPS) is 24.4. The maximum Gasteiger partial charge on any atom is 0.279 e. The third kappa shape index (κ3) is 3.53. The van der Waals surface area contributed by atoms with Crippen molar-refractivity contribution in [1.82, 2.24) is 14.0 Å². The van der Waals surface area contributed by atoms with Crippen LogP contribution in [0.15, 0.2) is 24.4 Å². The molecule has 1 atom stereocenters. The lowest BCUT2D eigenvalue weighted by molar-refractivity contribution is 0.424. The molecule has 0 aliphatic carbocycles. The van der Waals surface area contributed by atoms with Crippen LogP contribution in [0.3, 0.4) is 0 Å². The lowest BCUT2D eigenvalue weighted by Crippen LogP contribution is -2.51. The molecule has 0 saturated carbocycles. The van der Waals surface area contributed by atoms with Crippen LogP contribution in [0.4, 0.5) is 5.82 Å². The Bertz CT molecular complexity index is 558. The molecule has 1 N–H and O–H groups in total. The van der Waals surface area contributed by atoms with Crippen molar-refractivity contribution >= 4 is 16.0 Å². The number of hydrogen-bond donors (Lipinski definition) is 1. The zero-order valence-corrected chi connectivity index (χ0v) is 12.9. The fraction of sp³-hybridized carbons (Fsp3) is 0.643. The Balaban J connectivity index is 1.64. The van der Waals surface area contributed by atoms with Gasteiger partial charge in [-0.1, -0.05) is 6.07 Å². The highest BCUT2D eigenvalue weighted by molar-refractivity contribution is 7.87. The highest BCUT2D eigenvalue weighted by atomic mass is 32.2. The van der Waals surface area contributed by atoms with Gasteiger partial charge in [-0.2, -0.15) is 17.4 Å². The van der Waals surface area contributed by atoms with Crippen molar-refractivity contribution in [3.63, 3.8) is 0 Å². The van der Waals surface area contributed by atoms with Crippen LogP contribution in [0.2, 0.25) is 0 Å². The van der Waals surface area contributed by atoms with Crippen molar-refractivity contribution in [2.75, 3.05) is 31.1 Å². The van der Waals surface area contributed by atoms with Crippen LogP contribution in [0.25, 0.3) is 0 Å². The standard InChI is InChI=1S/C14H22N4O2S/c19-21(20,18-10-3-4-11-18)16-13-6-5-9-17(12-13)14-7-1-2-8-15-14/h1-2,7-8,13,16H,3-6,9-12H2/t13-/m0/s1. The molecule has 21 heavy (non-hydrogen) atoms. The molecule has 0 radical (unpaired) electrons. The predicted molar refractivity (Wildman–Crippen MR) is 82.3 cm³/mol. The first-order valence-corrected chi connectivity index (χ1v) is 9.02. The van der Waals surface area contributed by atoms with E-state index < -0.39 is 10.2 Å². The van der Waals surface area contributed by atoms with E-state index >= 15 is 0 Å². The van der Waals surface area contributed by atoms with E-state index in [0.717, 1.165) is 38.0 Å². The SMILES string of the molecule is O=S(=O)(N[C@H]1CCCN(c2ccccn2)C1)N1CCCC1. The monoisotopic (exact) mass is 310 g/mol. The summed E-state index contributed by atoms with van der Waals surface area (Å²) in [6.07, 6.45) is 5.56. The van der Waals surface area contributed by atoms with E-state index in [4.69, 9.17) is 0 Å². The second-order valence-corrected chi connectivity index (χ2v) is 7.40. The summed E-state index contributed by atoms with van der Waals surface area (Å²) in [6.45, 7) is 2.90. The zero-order chi connectivity index (χ0) is 14.7. The Hall–Kier alpha value is -1.18. The summed E-state index contributed by atoms with van der Waals surface area (Å²) in [4.78, 5) is 6.50. The number of rotatable bonds is 4. The van der Waals surface area contributed by atoms with Gasteiger partial charge in [-0.15, -0.1) is 0 Å². The minimum Gasteiger partial charge on any atom is -0.355 e. The number of piperidine rings is 1. The summed E-state index contributed by atoms with van der Waals surface area (Å²) in [5.74, 6) is 0.919. The van der Waals surface area contributed by atoms with Crippen molar-refractivity contribution in [1.29, 1.82) is 0 Å². The number of aromatic nitrogens is 1. The lowest BCUT2D eigenvalue weighted by atomic mass is 10.1. The van der Waals surface area contributed by atoms with Gasteiger partial charge in [0.1, 0.15) is 5.82 Å². The molecule has 3 rings (SSSR count). The molecule has 1 aromatic heterocycles. The van der Waals surface area contributed by atoms with Gasteiger partial charge < -0.3 is 4.90 Å². The molecular weight excluding hydrogens is 288 g/mol. The van der Waals surface area contributed by atoms with Crippen molar-refractivity contribution < 1.29 is 8.42 Å². The van der Waals surface area contributed by atoms with Crippen LogP contribution >= 0.6 is 0 Å². The molecule has 2 aliphatic heterocycles. The van der Waals surface area contributed by atoms with Gasteiger partial charge in [-0.05, 0) is 37.8 Å². The summed E-state index contributed by atoms with van der Waals surface area (Å²) < 4.78 is 29.1. The number of anilines is 1. The number of nitrogens with zero attached hydrogens (tertiary/aromatic N) is 3. The molecule has 2 fully saturated rings. The first-order valence-electron chi connectivity index (χ1n) is 7.58. The molecule has 0 unspecified atom stereocenters. The molecule has 2 saturated heterocycles. The third-order valence-electron chi connectivity index (χ3n) is 4.12. The van der Waals surface area contributed by atoms with Crippen LogP contribution < -0.4 is 9.62 Å². The molecule has 0 amide bonds. The number of pyridine rings is 1. The van der Waals surface area contributed by atoms with Gasteiger partial charge >= 0.3 is 0 Å². The van der Waals surface area contributed by atoms with Crippen LogP contribution in [0, 0.1) is 0 Å². The number of hydrogen-bond acceptors (Lipinski definition) is 4. The van der Waals surface area contributed by atoms with Gasteiger partial charge in [-0.25, -0.2) is 4.98 Å². The molecule has 3 heterocycles. The summed E-state index contributed by atoms with van der Waals surface area (Å²) in [5, 5.41) is 0. The van der Waals surface area contributed by atoms with E-state index in [1.807, 2.05) is 18.2 Å². The fourth-order valence-electron chi connectivity index (χ4n) is 3.04. The average Bonchev–Trinajstić information content (AvgIpc) is 3.03. The summed E-state index contributed by atoms with van der Waals surface area (Å²) in [7, 11) is -3.33. The molecule has 0 bridgehead atoms. The smallest absolute Gasteiger partial charge is 0.279 e. The fourth-order valence-corrected chi connectivity index (χ4v) is 4.54. The Labute approximate surface area is 126 Å². The average molecular weight is 310 g/mol. The van der Waals surface area contributed by atoms with Gasteiger partial charge in [0.2, 0.25) is 0 Å². The predicted octanol–water partition coefficient (Wildman–Crippen LogP) is 0.981. The van der Waals surface area contributed by atoms with E-state index in [-0.39, 0.29) is 6.04 Å². The Morgan fingerprint density at radius 3 is 2.67 bits per heavy atom. The minimum absolute atomic E-state index is 0.0358. The zero-order valence-electron chi connectivity index (χ0n) is 12.1. The first kappa shape index (κ1) is 14.7.